The van der Waals surface area contributed by atoms with E-state index in [1.807, 2.05) is 6.07 Å². The lowest BCUT2D eigenvalue weighted by atomic mass is 9.88. The molecule has 1 aromatic heterocycles. The Labute approximate surface area is 195 Å². The number of hydrogen-bond donors (Lipinski definition) is 4. The fourth-order valence-corrected chi connectivity index (χ4v) is 4.39. The normalized spacial score (nSPS) is 13.7. The van der Waals surface area contributed by atoms with Gasteiger partial charge in [-0.25, -0.2) is 23.1 Å². The third-order valence-electron chi connectivity index (χ3n) is 5.46. The first-order chi connectivity index (χ1) is 15.6. The molecule has 3 aromatic rings. The molecular weight excluding hydrogens is 468 g/mol. The number of anilines is 1. The molecule has 1 heterocycles. The second-order valence-corrected chi connectivity index (χ2v) is 9.46. The molecule has 0 spiro atoms. The van der Waals surface area contributed by atoms with Crippen LogP contribution in [0.4, 0.5) is 5.69 Å². The van der Waals surface area contributed by atoms with Crippen molar-refractivity contribution >= 4 is 39.3 Å². The number of fused-ring (bicyclic) bond motifs is 3. The second kappa shape index (κ2) is 8.60. The van der Waals surface area contributed by atoms with E-state index in [9.17, 15) is 18.0 Å². The van der Waals surface area contributed by atoms with Crippen molar-refractivity contribution in [1.29, 1.82) is 0 Å². The zero-order valence-corrected chi connectivity index (χ0v) is 19.1. The SMILES string of the molecule is C[C@H](NCl)C(=O)Nc1ccc2c(c1)-c1c(c(C(N)=O)nn1-c1ccc(S(N)(=O)=O)cc1)CC2. The summed E-state index contributed by atoms with van der Waals surface area (Å²) in [5, 5.41) is 12.4. The molecule has 1 atom stereocenters. The maximum absolute atomic E-state index is 12.3. The van der Waals surface area contributed by atoms with Gasteiger partial charge in [0.2, 0.25) is 15.9 Å². The number of carbonyl (C=O) groups is 2. The largest absolute Gasteiger partial charge is 0.364 e. The van der Waals surface area contributed by atoms with Gasteiger partial charge in [-0.2, -0.15) is 5.10 Å². The highest BCUT2D eigenvalue weighted by atomic mass is 35.5. The van der Waals surface area contributed by atoms with Crippen LogP contribution >= 0.6 is 11.8 Å². The Bertz CT molecular complexity index is 1370. The van der Waals surface area contributed by atoms with Gasteiger partial charge in [0.1, 0.15) is 0 Å². The van der Waals surface area contributed by atoms with E-state index in [1.54, 1.807) is 35.9 Å². The number of halogens is 1. The lowest BCUT2D eigenvalue weighted by Gasteiger charge is -2.20. The van der Waals surface area contributed by atoms with Gasteiger partial charge >= 0.3 is 0 Å². The average molecular weight is 489 g/mol. The number of nitrogens with zero attached hydrogens (tertiary/aromatic N) is 2. The van der Waals surface area contributed by atoms with Crippen molar-refractivity contribution in [2.45, 2.75) is 30.7 Å². The number of nitrogens with one attached hydrogen (secondary N) is 2. The van der Waals surface area contributed by atoms with Gasteiger partial charge in [0, 0.05) is 16.8 Å². The Balaban J connectivity index is 1.85. The number of rotatable bonds is 6. The fourth-order valence-electron chi connectivity index (χ4n) is 3.78. The Morgan fingerprint density at radius 2 is 1.85 bits per heavy atom. The topological polar surface area (TPSA) is 162 Å². The van der Waals surface area contributed by atoms with Crippen LogP contribution in [0.15, 0.2) is 47.4 Å². The molecule has 1 aliphatic carbocycles. The van der Waals surface area contributed by atoms with Gasteiger partial charge in [0.15, 0.2) is 5.69 Å². The van der Waals surface area contributed by atoms with Crippen molar-refractivity contribution in [1.82, 2.24) is 14.6 Å². The Kier molecular flexibility index (Phi) is 5.97. The van der Waals surface area contributed by atoms with Crippen molar-refractivity contribution in [2.75, 3.05) is 5.32 Å². The number of sulfonamides is 1. The number of amides is 2. The molecule has 0 aliphatic heterocycles. The molecule has 2 aromatic carbocycles. The predicted octanol–water partition coefficient (Wildman–Crippen LogP) is 1.45. The van der Waals surface area contributed by atoms with Crippen LogP contribution in [-0.2, 0) is 27.7 Å². The minimum Gasteiger partial charge on any atom is -0.364 e. The van der Waals surface area contributed by atoms with E-state index < -0.39 is 22.0 Å². The van der Waals surface area contributed by atoms with E-state index in [-0.39, 0.29) is 16.5 Å². The standard InChI is InChI=1S/C21H21ClN6O4S/c1-11(26-22)21(30)25-13-4-2-12-3-9-16-18(20(23)29)27-28(19(16)17(12)10-13)14-5-7-15(8-6-14)33(24,31)32/h2,4-8,10-11,26H,3,9H2,1H3,(H2,23,29)(H,25,30)(H2,24,31,32)/t11-/m0/s1. The molecule has 1 aliphatic rings. The minimum absolute atomic E-state index is 0.0465. The van der Waals surface area contributed by atoms with Gasteiger partial charge in [0.25, 0.3) is 5.91 Å². The highest BCUT2D eigenvalue weighted by Crippen LogP contribution is 2.38. The molecule has 0 saturated heterocycles. The number of nitrogens with two attached hydrogens (primary N) is 2. The van der Waals surface area contributed by atoms with Crippen molar-refractivity contribution in [3.05, 3.63) is 59.3 Å². The first kappa shape index (κ1) is 22.9. The van der Waals surface area contributed by atoms with Crippen LogP contribution < -0.4 is 21.0 Å². The molecule has 6 N–H and O–H groups in total. The summed E-state index contributed by atoms with van der Waals surface area (Å²) in [6.07, 6.45) is 1.21. The molecule has 2 amide bonds. The highest BCUT2D eigenvalue weighted by molar-refractivity contribution is 7.89. The summed E-state index contributed by atoms with van der Waals surface area (Å²) < 4.78 is 24.8. The summed E-state index contributed by atoms with van der Waals surface area (Å²) in [5.41, 5.74) is 9.90. The van der Waals surface area contributed by atoms with E-state index in [1.165, 1.54) is 12.1 Å². The van der Waals surface area contributed by atoms with Crippen LogP contribution in [0.25, 0.3) is 16.9 Å². The summed E-state index contributed by atoms with van der Waals surface area (Å²) in [7, 11) is -3.86. The van der Waals surface area contributed by atoms with E-state index in [0.29, 0.717) is 35.5 Å². The smallest absolute Gasteiger partial charge is 0.269 e. The number of aromatic nitrogens is 2. The third kappa shape index (κ3) is 4.35. The molecule has 0 radical (unpaired) electrons. The van der Waals surface area contributed by atoms with Gasteiger partial charge in [-0.15, -0.1) is 0 Å². The van der Waals surface area contributed by atoms with Crippen LogP contribution in [0.1, 0.15) is 28.5 Å². The lowest BCUT2D eigenvalue weighted by molar-refractivity contribution is -0.117. The summed E-state index contributed by atoms with van der Waals surface area (Å²) in [5.74, 6) is -0.980. The number of primary sulfonamides is 1. The Morgan fingerprint density at radius 3 is 2.45 bits per heavy atom. The lowest BCUT2D eigenvalue weighted by Crippen LogP contribution is -2.32. The summed E-state index contributed by atoms with van der Waals surface area (Å²) in [6.45, 7) is 1.62. The monoisotopic (exact) mass is 488 g/mol. The first-order valence-corrected chi connectivity index (χ1v) is 11.9. The molecule has 33 heavy (non-hydrogen) atoms. The van der Waals surface area contributed by atoms with Crippen molar-refractivity contribution < 1.29 is 18.0 Å². The van der Waals surface area contributed by atoms with Crippen molar-refractivity contribution in [3.8, 4) is 16.9 Å². The Morgan fingerprint density at radius 1 is 1.15 bits per heavy atom. The van der Waals surface area contributed by atoms with Crippen molar-refractivity contribution in [2.24, 2.45) is 10.9 Å². The number of primary amides is 1. The number of aryl methyl sites for hydroxylation is 1. The minimum atomic E-state index is -3.86. The molecule has 0 fully saturated rings. The number of benzene rings is 2. The zero-order valence-electron chi connectivity index (χ0n) is 17.5. The van der Waals surface area contributed by atoms with E-state index in [4.69, 9.17) is 22.6 Å². The molecule has 0 unspecified atom stereocenters. The van der Waals surface area contributed by atoms with Gasteiger partial charge < -0.3 is 11.1 Å². The van der Waals surface area contributed by atoms with E-state index in [0.717, 1.165) is 11.1 Å². The van der Waals surface area contributed by atoms with Crippen molar-refractivity contribution in [3.63, 3.8) is 0 Å². The predicted molar refractivity (Wildman–Crippen MR) is 123 cm³/mol. The van der Waals surface area contributed by atoms with Crippen LogP contribution in [0.5, 0.6) is 0 Å². The Hall–Kier alpha value is -3.25. The summed E-state index contributed by atoms with van der Waals surface area (Å²) >= 11 is 5.54. The number of hydrogen-bond acceptors (Lipinski definition) is 6. The van der Waals surface area contributed by atoms with E-state index in [2.05, 4.69) is 15.3 Å². The first-order valence-electron chi connectivity index (χ1n) is 9.95. The van der Waals surface area contributed by atoms with Crippen LogP contribution in [0.3, 0.4) is 0 Å². The maximum atomic E-state index is 12.3. The average Bonchev–Trinajstić information content (AvgIpc) is 3.18. The summed E-state index contributed by atoms with van der Waals surface area (Å²) in [4.78, 5) is 26.7. The molecule has 0 bridgehead atoms. The van der Waals surface area contributed by atoms with Gasteiger partial charge in [0.05, 0.1) is 22.3 Å². The second-order valence-electron chi connectivity index (χ2n) is 7.68. The third-order valence-corrected chi connectivity index (χ3v) is 6.72. The molecule has 12 heteroatoms. The van der Waals surface area contributed by atoms with Gasteiger partial charge in [-0.1, -0.05) is 6.07 Å². The molecule has 4 rings (SSSR count). The van der Waals surface area contributed by atoms with Gasteiger partial charge in [-0.3, -0.25) is 9.59 Å². The quantitative estimate of drug-likeness (QED) is 0.384. The van der Waals surface area contributed by atoms with Gasteiger partial charge in [-0.05, 0) is 73.5 Å². The van der Waals surface area contributed by atoms with Crippen LogP contribution in [-0.4, -0.2) is 36.1 Å². The molecule has 172 valence electrons. The maximum Gasteiger partial charge on any atom is 0.269 e. The molecule has 0 saturated carbocycles. The zero-order chi connectivity index (χ0) is 23.9. The fraction of sp³-hybridized carbons (Fsp3) is 0.190. The van der Waals surface area contributed by atoms with E-state index >= 15 is 0 Å². The van der Waals surface area contributed by atoms with Crippen LogP contribution in [0.2, 0.25) is 0 Å². The summed E-state index contributed by atoms with van der Waals surface area (Å²) in [6, 6.07) is 10.7. The highest BCUT2D eigenvalue weighted by Gasteiger charge is 2.28. The van der Waals surface area contributed by atoms with Crippen LogP contribution in [0, 0.1) is 0 Å². The number of carbonyl (C=O) groups excluding carboxylic acids is 2. The molecule has 10 nitrogen and oxygen atoms in total. The molecular formula is C21H21ClN6O4S.